The quantitative estimate of drug-likeness (QED) is 0.274. The Labute approximate surface area is 194 Å². The van der Waals surface area contributed by atoms with E-state index in [4.69, 9.17) is 22.1 Å². The smallest absolute Gasteiger partial charge is 0.417 e. The van der Waals surface area contributed by atoms with Crippen molar-refractivity contribution in [2.24, 2.45) is 0 Å². The summed E-state index contributed by atoms with van der Waals surface area (Å²) in [5, 5.41) is 21.9. The van der Waals surface area contributed by atoms with Crippen molar-refractivity contribution in [2.45, 2.75) is 6.18 Å². The van der Waals surface area contributed by atoms with Gasteiger partial charge in [-0.15, -0.1) is 0 Å². The number of aromatic carboxylic acids is 1. The molecule has 2 aromatic carbocycles. The monoisotopic (exact) mass is 494 g/mol. The summed E-state index contributed by atoms with van der Waals surface area (Å²) in [6, 6.07) is 7.01. The molecule has 0 saturated heterocycles. The lowest BCUT2D eigenvalue weighted by atomic mass is 10.0. The topological polar surface area (TPSA) is 115 Å². The fraction of sp³-hybridized carbons (Fsp3) is 0.0909. The van der Waals surface area contributed by atoms with Crippen molar-refractivity contribution in [3.63, 3.8) is 0 Å². The SMILES string of the molecule is CNc1cnc(C(=N)c2ccc(C(=O)O)cc2F)c(NC(=O)c2c(Cl)cccc2C(F)(F)F)c1. The highest BCUT2D eigenvalue weighted by Crippen LogP contribution is 2.35. The third-order valence-corrected chi connectivity index (χ3v) is 5.01. The Hall–Kier alpha value is -3.99. The van der Waals surface area contributed by atoms with Gasteiger partial charge in [-0.3, -0.25) is 15.2 Å². The fourth-order valence-electron chi connectivity index (χ4n) is 3.05. The van der Waals surface area contributed by atoms with Gasteiger partial charge in [0.05, 0.1) is 45.0 Å². The number of alkyl halides is 3. The average molecular weight is 495 g/mol. The van der Waals surface area contributed by atoms with E-state index in [1.807, 2.05) is 0 Å². The van der Waals surface area contributed by atoms with Crippen LogP contribution in [0.5, 0.6) is 0 Å². The Morgan fingerprint density at radius 1 is 1.15 bits per heavy atom. The van der Waals surface area contributed by atoms with Crippen LogP contribution in [0.4, 0.5) is 28.9 Å². The summed E-state index contributed by atoms with van der Waals surface area (Å²) >= 11 is 5.89. The largest absolute Gasteiger partial charge is 0.478 e. The first-order valence-corrected chi connectivity index (χ1v) is 9.78. The van der Waals surface area contributed by atoms with Crippen LogP contribution >= 0.6 is 11.6 Å². The second kappa shape index (κ2) is 9.48. The molecule has 4 N–H and O–H groups in total. The predicted octanol–water partition coefficient (Wildman–Crippen LogP) is 5.30. The van der Waals surface area contributed by atoms with E-state index in [0.717, 1.165) is 24.3 Å². The number of nitrogens with one attached hydrogen (secondary N) is 3. The summed E-state index contributed by atoms with van der Waals surface area (Å²) in [5.74, 6) is -3.63. The molecule has 0 aliphatic carbocycles. The van der Waals surface area contributed by atoms with Gasteiger partial charge in [-0.1, -0.05) is 17.7 Å². The second-order valence-corrected chi connectivity index (χ2v) is 7.27. The Kier molecular flexibility index (Phi) is 6.87. The first kappa shape index (κ1) is 24.6. The van der Waals surface area contributed by atoms with Crippen molar-refractivity contribution in [2.75, 3.05) is 17.7 Å². The van der Waals surface area contributed by atoms with Crippen LogP contribution in [-0.2, 0) is 6.18 Å². The molecule has 34 heavy (non-hydrogen) atoms. The van der Waals surface area contributed by atoms with Crippen LogP contribution in [0.15, 0.2) is 48.7 Å². The summed E-state index contributed by atoms with van der Waals surface area (Å²) in [5.41, 5.74) is -3.44. The lowest BCUT2D eigenvalue weighted by Gasteiger charge is -2.17. The maximum absolute atomic E-state index is 14.5. The van der Waals surface area contributed by atoms with Crippen LogP contribution in [0.25, 0.3) is 0 Å². The summed E-state index contributed by atoms with van der Waals surface area (Å²) in [6.07, 6.45) is -3.60. The Bertz CT molecular complexity index is 1310. The number of halogens is 5. The van der Waals surface area contributed by atoms with Gasteiger partial charge in [-0.05, 0) is 36.4 Å². The molecule has 0 fully saturated rings. The summed E-state index contributed by atoms with van der Waals surface area (Å²) < 4.78 is 54.8. The minimum atomic E-state index is -4.87. The third-order valence-electron chi connectivity index (χ3n) is 4.69. The van der Waals surface area contributed by atoms with Crippen LogP contribution in [0.1, 0.15) is 37.5 Å². The van der Waals surface area contributed by atoms with Gasteiger partial charge in [0.15, 0.2) is 0 Å². The minimum absolute atomic E-state index is 0.198. The van der Waals surface area contributed by atoms with Crippen molar-refractivity contribution in [1.82, 2.24) is 4.98 Å². The zero-order chi connectivity index (χ0) is 25.2. The molecular weight excluding hydrogens is 480 g/mol. The number of aromatic nitrogens is 1. The zero-order valence-corrected chi connectivity index (χ0v) is 18.0. The van der Waals surface area contributed by atoms with Crippen LogP contribution < -0.4 is 10.6 Å². The molecule has 0 saturated carbocycles. The van der Waals surface area contributed by atoms with E-state index in [-0.39, 0.29) is 22.5 Å². The number of pyridine rings is 1. The van der Waals surface area contributed by atoms with E-state index < -0.39 is 45.7 Å². The zero-order valence-electron chi connectivity index (χ0n) is 17.2. The van der Waals surface area contributed by atoms with E-state index in [1.165, 1.54) is 19.3 Å². The number of rotatable bonds is 6. The molecular formula is C22H15ClF4N4O3. The van der Waals surface area contributed by atoms with Crippen LogP contribution in [0.3, 0.4) is 0 Å². The number of hydrogen-bond donors (Lipinski definition) is 4. The summed E-state index contributed by atoms with van der Waals surface area (Å²) in [7, 11) is 1.52. The van der Waals surface area contributed by atoms with Gasteiger partial charge in [0, 0.05) is 12.6 Å². The molecule has 12 heteroatoms. The summed E-state index contributed by atoms with van der Waals surface area (Å²) in [6.45, 7) is 0. The van der Waals surface area contributed by atoms with Crippen molar-refractivity contribution >= 4 is 40.6 Å². The third kappa shape index (κ3) is 4.99. The molecule has 3 aromatic rings. The first-order valence-electron chi connectivity index (χ1n) is 9.41. The molecule has 0 unspecified atom stereocenters. The molecule has 0 aliphatic heterocycles. The highest BCUT2D eigenvalue weighted by atomic mass is 35.5. The van der Waals surface area contributed by atoms with E-state index >= 15 is 0 Å². The molecule has 1 heterocycles. The second-order valence-electron chi connectivity index (χ2n) is 6.86. The molecule has 0 aliphatic rings. The average Bonchev–Trinajstić information content (AvgIpc) is 2.77. The molecule has 7 nitrogen and oxygen atoms in total. The highest BCUT2D eigenvalue weighted by molar-refractivity contribution is 6.34. The number of hydrogen-bond acceptors (Lipinski definition) is 5. The van der Waals surface area contributed by atoms with Crippen LogP contribution in [0.2, 0.25) is 5.02 Å². The molecule has 3 rings (SSSR count). The Morgan fingerprint density at radius 3 is 2.44 bits per heavy atom. The lowest BCUT2D eigenvalue weighted by molar-refractivity contribution is -0.137. The Balaban J connectivity index is 2.07. The van der Waals surface area contributed by atoms with Gasteiger partial charge in [0.2, 0.25) is 0 Å². The van der Waals surface area contributed by atoms with Gasteiger partial charge < -0.3 is 15.7 Å². The van der Waals surface area contributed by atoms with Gasteiger partial charge in [-0.2, -0.15) is 13.2 Å². The molecule has 176 valence electrons. The molecule has 0 spiro atoms. The number of carbonyl (C=O) groups is 2. The number of nitrogens with zero attached hydrogens (tertiary/aromatic N) is 1. The first-order chi connectivity index (χ1) is 15.9. The van der Waals surface area contributed by atoms with Gasteiger partial charge in [-0.25, -0.2) is 9.18 Å². The summed E-state index contributed by atoms with van der Waals surface area (Å²) in [4.78, 5) is 27.9. The van der Waals surface area contributed by atoms with Gasteiger partial charge in [0.1, 0.15) is 11.5 Å². The molecule has 1 aromatic heterocycles. The lowest BCUT2D eigenvalue weighted by Crippen LogP contribution is -2.21. The normalized spacial score (nSPS) is 11.1. The number of benzene rings is 2. The van der Waals surface area contributed by atoms with E-state index in [0.29, 0.717) is 17.8 Å². The van der Waals surface area contributed by atoms with Crippen LogP contribution in [-0.4, -0.2) is 34.7 Å². The predicted molar refractivity (Wildman–Crippen MR) is 117 cm³/mol. The molecule has 0 radical (unpaired) electrons. The fourth-order valence-corrected chi connectivity index (χ4v) is 3.31. The highest BCUT2D eigenvalue weighted by Gasteiger charge is 2.36. The molecule has 0 atom stereocenters. The molecule has 0 bridgehead atoms. The van der Waals surface area contributed by atoms with Crippen LogP contribution in [0, 0.1) is 11.2 Å². The molecule has 1 amide bonds. The van der Waals surface area contributed by atoms with Crippen molar-refractivity contribution in [3.8, 4) is 0 Å². The standard InChI is InChI=1S/C22H15ClF4N4O3/c1-29-11-8-16(31-20(32)17-13(22(25,26)27)3-2-4-14(17)23)19(30-9-11)18(28)12-6-5-10(21(33)34)7-15(12)24/h2-9,28-29H,1H3,(H,31,32)(H,33,34). The van der Waals surface area contributed by atoms with Gasteiger partial charge >= 0.3 is 12.1 Å². The number of anilines is 2. The van der Waals surface area contributed by atoms with E-state index in [1.54, 1.807) is 0 Å². The maximum atomic E-state index is 14.5. The number of amides is 1. The Morgan fingerprint density at radius 2 is 1.85 bits per heavy atom. The number of carbonyl (C=O) groups excluding carboxylic acids is 1. The van der Waals surface area contributed by atoms with E-state index in [2.05, 4.69) is 15.6 Å². The minimum Gasteiger partial charge on any atom is -0.478 e. The van der Waals surface area contributed by atoms with E-state index in [9.17, 15) is 27.2 Å². The van der Waals surface area contributed by atoms with Crippen molar-refractivity contribution in [1.29, 1.82) is 5.41 Å². The van der Waals surface area contributed by atoms with Crippen molar-refractivity contribution in [3.05, 3.63) is 87.4 Å². The van der Waals surface area contributed by atoms with Gasteiger partial charge in [0.25, 0.3) is 5.91 Å². The maximum Gasteiger partial charge on any atom is 0.417 e. The number of carboxylic acid groups (broad SMARTS) is 1. The van der Waals surface area contributed by atoms with Crippen molar-refractivity contribution < 1.29 is 32.3 Å². The number of carboxylic acids is 1.